The molecule has 0 saturated heterocycles. The van der Waals surface area contributed by atoms with Gasteiger partial charge in [-0.15, -0.1) is 0 Å². The van der Waals surface area contributed by atoms with Gasteiger partial charge in [0.2, 0.25) is 0 Å². The van der Waals surface area contributed by atoms with Crippen molar-refractivity contribution in [1.82, 2.24) is 0 Å². The van der Waals surface area contributed by atoms with Crippen LogP contribution in [-0.4, -0.2) is 10.8 Å². The Bertz CT molecular complexity index is 784. The molecule has 1 N–H and O–H groups in total. The number of nitrogens with one attached hydrogen (secondary N) is 1. The summed E-state index contributed by atoms with van der Waals surface area (Å²) in [5.41, 5.74) is 3.97. The highest BCUT2D eigenvalue weighted by Crippen LogP contribution is 2.27. The number of carbonyl (C=O) groups is 1. The first-order chi connectivity index (χ1) is 11.0. The predicted octanol–water partition coefficient (Wildman–Crippen LogP) is 4.03. The Morgan fingerprint density at radius 1 is 1.09 bits per heavy atom. The standard InChI is InChI=1S/C18H18N2O3/c1-12-6-9-16(17(10-12)20(22)23)19-18(21)15-8-7-13-4-2-3-5-14(13)11-15/h6-11H,2-5H2,1H3,(H,19,21). The van der Waals surface area contributed by atoms with E-state index in [0.29, 0.717) is 5.56 Å². The summed E-state index contributed by atoms with van der Waals surface area (Å²) in [6.07, 6.45) is 4.37. The van der Waals surface area contributed by atoms with Gasteiger partial charge in [0.15, 0.2) is 0 Å². The minimum absolute atomic E-state index is 0.0867. The number of nitrogens with zero attached hydrogens (tertiary/aromatic N) is 1. The zero-order valence-electron chi connectivity index (χ0n) is 13.0. The molecule has 0 aromatic heterocycles. The lowest BCUT2D eigenvalue weighted by atomic mass is 9.90. The number of nitro benzene ring substituents is 1. The van der Waals surface area contributed by atoms with Gasteiger partial charge >= 0.3 is 0 Å². The van der Waals surface area contributed by atoms with E-state index >= 15 is 0 Å². The number of rotatable bonds is 3. The molecule has 0 aliphatic heterocycles. The van der Waals surface area contributed by atoms with Crippen LogP contribution in [0.4, 0.5) is 11.4 Å². The fraction of sp³-hybridized carbons (Fsp3) is 0.278. The largest absolute Gasteiger partial charge is 0.316 e. The number of anilines is 1. The molecule has 0 spiro atoms. The van der Waals surface area contributed by atoms with Crippen molar-refractivity contribution in [3.05, 3.63) is 68.8 Å². The van der Waals surface area contributed by atoms with Crippen LogP contribution in [0.5, 0.6) is 0 Å². The van der Waals surface area contributed by atoms with Gasteiger partial charge in [-0.3, -0.25) is 14.9 Å². The quantitative estimate of drug-likeness (QED) is 0.687. The van der Waals surface area contributed by atoms with Gasteiger partial charge in [-0.2, -0.15) is 0 Å². The number of carbonyl (C=O) groups excluding carboxylic acids is 1. The Morgan fingerprint density at radius 3 is 2.57 bits per heavy atom. The molecule has 118 valence electrons. The molecule has 0 bridgehead atoms. The molecule has 5 heteroatoms. The molecule has 1 aliphatic rings. The van der Waals surface area contributed by atoms with E-state index in [1.54, 1.807) is 25.1 Å². The topological polar surface area (TPSA) is 72.2 Å². The number of fused-ring (bicyclic) bond motifs is 1. The van der Waals surface area contributed by atoms with Gasteiger partial charge in [0.25, 0.3) is 11.6 Å². The summed E-state index contributed by atoms with van der Waals surface area (Å²) in [4.78, 5) is 23.1. The normalized spacial score (nSPS) is 13.3. The third kappa shape index (κ3) is 3.23. The maximum atomic E-state index is 12.4. The zero-order valence-corrected chi connectivity index (χ0v) is 13.0. The predicted molar refractivity (Wildman–Crippen MR) is 88.9 cm³/mol. The van der Waals surface area contributed by atoms with E-state index < -0.39 is 4.92 Å². The second kappa shape index (κ2) is 6.20. The summed E-state index contributed by atoms with van der Waals surface area (Å²) in [5.74, 6) is -0.315. The molecular weight excluding hydrogens is 292 g/mol. The van der Waals surface area contributed by atoms with E-state index in [2.05, 4.69) is 5.32 Å². The van der Waals surface area contributed by atoms with E-state index in [0.717, 1.165) is 24.8 Å². The highest BCUT2D eigenvalue weighted by molar-refractivity contribution is 6.05. The van der Waals surface area contributed by atoms with Crippen LogP contribution in [0.25, 0.3) is 0 Å². The Kier molecular flexibility index (Phi) is 4.10. The van der Waals surface area contributed by atoms with Crippen LogP contribution in [0.15, 0.2) is 36.4 Å². The molecule has 2 aromatic rings. The van der Waals surface area contributed by atoms with E-state index in [-0.39, 0.29) is 17.3 Å². The molecule has 23 heavy (non-hydrogen) atoms. The highest BCUT2D eigenvalue weighted by Gasteiger charge is 2.18. The lowest BCUT2D eigenvalue weighted by Crippen LogP contribution is -2.14. The molecular formula is C18H18N2O3. The van der Waals surface area contributed by atoms with Gasteiger partial charge in [0.05, 0.1) is 4.92 Å². The molecule has 5 nitrogen and oxygen atoms in total. The lowest BCUT2D eigenvalue weighted by molar-refractivity contribution is -0.384. The van der Waals surface area contributed by atoms with Crippen molar-refractivity contribution in [1.29, 1.82) is 0 Å². The Balaban J connectivity index is 1.86. The SMILES string of the molecule is Cc1ccc(NC(=O)c2ccc3c(c2)CCCC3)c([N+](=O)[O-])c1. The van der Waals surface area contributed by atoms with Crippen molar-refractivity contribution >= 4 is 17.3 Å². The molecule has 0 atom stereocenters. The van der Waals surface area contributed by atoms with Crippen LogP contribution < -0.4 is 5.32 Å². The second-order valence-corrected chi connectivity index (χ2v) is 5.92. The number of hydrogen-bond acceptors (Lipinski definition) is 3. The highest BCUT2D eigenvalue weighted by atomic mass is 16.6. The Hall–Kier alpha value is -2.69. The van der Waals surface area contributed by atoms with E-state index in [9.17, 15) is 14.9 Å². The van der Waals surface area contributed by atoms with Crippen LogP contribution in [0.1, 0.15) is 39.9 Å². The van der Waals surface area contributed by atoms with Crippen LogP contribution in [0, 0.1) is 17.0 Å². The first kappa shape index (κ1) is 15.2. The fourth-order valence-electron chi connectivity index (χ4n) is 2.97. The Labute approximate surface area is 134 Å². The van der Waals surface area contributed by atoms with Crippen LogP contribution in [-0.2, 0) is 12.8 Å². The molecule has 2 aromatic carbocycles. The first-order valence-electron chi connectivity index (χ1n) is 7.73. The van der Waals surface area contributed by atoms with E-state index in [4.69, 9.17) is 0 Å². The van der Waals surface area contributed by atoms with Crippen molar-refractivity contribution in [3.63, 3.8) is 0 Å². The van der Waals surface area contributed by atoms with Gasteiger partial charge < -0.3 is 5.32 Å². The molecule has 1 amide bonds. The molecule has 3 rings (SSSR count). The molecule has 0 unspecified atom stereocenters. The molecule has 0 heterocycles. The summed E-state index contributed by atoms with van der Waals surface area (Å²) in [7, 11) is 0. The van der Waals surface area contributed by atoms with Gasteiger partial charge in [-0.05, 0) is 67.5 Å². The summed E-state index contributed by atoms with van der Waals surface area (Å²) in [6.45, 7) is 1.78. The molecule has 0 radical (unpaired) electrons. The Morgan fingerprint density at radius 2 is 1.83 bits per heavy atom. The van der Waals surface area contributed by atoms with E-state index in [1.165, 1.54) is 23.6 Å². The van der Waals surface area contributed by atoms with Crippen molar-refractivity contribution < 1.29 is 9.72 Å². The lowest BCUT2D eigenvalue weighted by Gasteiger charge is -2.16. The van der Waals surface area contributed by atoms with Crippen molar-refractivity contribution in [2.45, 2.75) is 32.6 Å². The smallest absolute Gasteiger partial charge is 0.293 e. The summed E-state index contributed by atoms with van der Waals surface area (Å²) in [6, 6.07) is 10.5. The number of amides is 1. The maximum absolute atomic E-state index is 12.4. The second-order valence-electron chi connectivity index (χ2n) is 5.92. The molecule has 1 aliphatic carbocycles. The van der Waals surface area contributed by atoms with Crippen molar-refractivity contribution in [3.8, 4) is 0 Å². The van der Waals surface area contributed by atoms with Crippen molar-refractivity contribution in [2.24, 2.45) is 0 Å². The maximum Gasteiger partial charge on any atom is 0.293 e. The monoisotopic (exact) mass is 310 g/mol. The molecule has 0 fully saturated rings. The number of hydrogen-bond donors (Lipinski definition) is 1. The third-order valence-corrected chi connectivity index (χ3v) is 4.21. The minimum Gasteiger partial charge on any atom is -0.316 e. The molecule has 0 saturated carbocycles. The van der Waals surface area contributed by atoms with E-state index in [1.807, 2.05) is 12.1 Å². The zero-order chi connectivity index (χ0) is 16.4. The van der Waals surface area contributed by atoms with Crippen LogP contribution in [0.2, 0.25) is 0 Å². The van der Waals surface area contributed by atoms with Crippen LogP contribution in [0.3, 0.4) is 0 Å². The van der Waals surface area contributed by atoms with Gasteiger partial charge in [-0.25, -0.2) is 0 Å². The average molecular weight is 310 g/mol. The fourth-order valence-corrected chi connectivity index (χ4v) is 2.97. The number of nitro groups is 1. The minimum atomic E-state index is -0.477. The summed E-state index contributed by atoms with van der Waals surface area (Å²) < 4.78 is 0. The van der Waals surface area contributed by atoms with Gasteiger partial charge in [-0.1, -0.05) is 12.1 Å². The average Bonchev–Trinajstić information content (AvgIpc) is 2.55. The van der Waals surface area contributed by atoms with Crippen LogP contribution >= 0.6 is 0 Å². The van der Waals surface area contributed by atoms with Gasteiger partial charge in [0, 0.05) is 11.6 Å². The third-order valence-electron chi connectivity index (χ3n) is 4.21. The van der Waals surface area contributed by atoms with Crippen molar-refractivity contribution in [2.75, 3.05) is 5.32 Å². The number of aryl methyl sites for hydroxylation is 3. The summed E-state index contributed by atoms with van der Waals surface area (Å²) >= 11 is 0. The summed E-state index contributed by atoms with van der Waals surface area (Å²) in [5, 5.41) is 13.8. The number of benzene rings is 2. The first-order valence-corrected chi connectivity index (χ1v) is 7.73. The van der Waals surface area contributed by atoms with Gasteiger partial charge in [0.1, 0.15) is 5.69 Å².